The molecule has 6 heteroatoms. The summed E-state index contributed by atoms with van der Waals surface area (Å²) in [4.78, 5) is 38.4. The Hall–Kier alpha value is -2.11. The van der Waals surface area contributed by atoms with Crippen LogP contribution in [0.25, 0.3) is 0 Å². The molecule has 436 valence electrons. The molecule has 0 saturated carbocycles. The monoisotopic (exact) mass is 1040 g/mol. The summed E-state index contributed by atoms with van der Waals surface area (Å²) in [6.45, 7) is 6.69. The van der Waals surface area contributed by atoms with Gasteiger partial charge in [0.15, 0.2) is 6.10 Å². The minimum absolute atomic E-state index is 0.0683. The van der Waals surface area contributed by atoms with Crippen LogP contribution in [0, 0.1) is 0 Å². The number of hydrogen-bond acceptors (Lipinski definition) is 6. The van der Waals surface area contributed by atoms with Crippen molar-refractivity contribution >= 4 is 17.9 Å². The van der Waals surface area contributed by atoms with E-state index in [9.17, 15) is 14.4 Å². The van der Waals surface area contributed by atoms with Crippen molar-refractivity contribution in [2.45, 2.75) is 380 Å². The average Bonchev–Trinajstić information content (AvgIpc) is 3.40. The van der Waals surface area contributed by atoms with Gasteiger partial charge in [-0.25, -0.2) is 0 Å². The van der Waals surface area contributed by atoms with Crippen molar-refractivity contribution in [2.24, 2.45) is 0 Å². The van der Waals surface area contributed by atoms with Crippen molar-refractivity contribution in [3.05, 3.63) is 24.3 Å². The Bertz CT molecular complexity index is 1190. The standard InChI is InChI=1S/C68H128O6/c1-4-7-10-13-16-19-22-25-28-31-32-33-34-35-36-38-40-43-46-49-52-55-58-61-67(70)73-64-65(63-72-66(69)60-57-54-51-48-45-42-39-30-27-24-21-18-15-12-9-6-3)74-68(71)62-59-56-53-50-47-44-41-37-29-26-23-20-17-14-11-8-5-2/h17,20,26,29,65H,4-16,18-19,21-25,27-28,30-64H2,1-3H3/b20-17-,29-26-. The van der Waals surface area contributed by atoms with E-state index in [0.29, 0.717) is 19.3 Å². The number of rotatable bonds is 62. The molecule has 0 amide bonds. The molecule has 0 N–H and O–H groups in total. The highest BCUT2D eigenvalue weighted by molar-refractivity contribution is 5.71. The van der Waals surface area contributed by atoms with Crippen molar-refractivity contribution in [3.8, 4) is 0 Å². The summed E-state index contributed by atoms with van der Waals surface area (Å²) in [7, 11) is 0. The summed E-state index contributed by atoms with van der Waals surface area (Å²) in [6, 6.07) is 0. The number of unbranched alkanes of at least 4 members (excludes halogenated alkanes) is 47. The number of carbonyl (C=O) groups excluding carboxylic acids is 3. The minimum atomic E-state index is -0.772. The zero-order valence-electron chi connectivity index (χ0n) is 50.1. The topological polar surface area (TPSA) is 78.9 Å². The smallest absolute Gasteiger partial charge is 0.306 e. The third kappa shape index (κ3) is 60.8. The molecule has 0 aromatic heterocycles. The zero-order valence-corrected chi connectivity index (χ0v) is 50.1. The number of ether oxygens (including phenoxy) is 3. The Kier molecular flexibility index (Phi) is 61.6. The first-order valence-electron chi connectivity index (χ1n) is 33.3. The number of hydrogen-bond donors (Lipinski definition) is 0. The number of esters is 3. The van der Waals surface area contributed by atoms with E-state index in [0.717, 1.165) is 70.6 Å². The highest BCUT2D eigenvalue weighted by Crippen LogP contribution is 2.18. The van der Waals surface area contributed by atoms with Crippen LogP contribution in [0.4, 0.5) is 0 Å². The van der Waals surface area contributed by atoms with Gasteiger partial charge < -0.3 is 14.2 Å². The maximum absolute atomic E-state index is 12.9. The SMILES string of the molecule is CCCCC/C=C\C/C=C\CCCCCCCCCC(=O)OC(COC(=O)CCCCCCCCCCCCCCCCCC)COC(=O)CCCCCCCCCCCCCCCCCCCCCCCCC. The van der Waals surface area contributed by atoms with Crippen LogP contribution in [0.5, 0.6) is 0 Å². The van der Waals surface area contributed by atoms with Crippen LogP contribution in [0.2, 0.25) is 0 Å². The minimum Gasteiger partial charge on any atom is -0.462 e. The lowest BCUT2D eigenvalue weighted by Crippen LogP contribution is -2.30. The normalized spacial score (nSPS) is 12.1. The summed E-state index contributed by atoms with van der Waals surface area (Å²) in [5, 5.41) is 0. The summed E-state index contributed by atoms with van der Waals surface area (Å²) >= 11 is 0. The quantitative estimate of drug-likeness (QED) is 0.0261. The van der Waals surface area contributed by atoms with Crippen LogP contribution in [0.15, 0.2) is 24.3 Å². The lowest BCUT2D eigenvalue weighted by molar-refractivity contribution is -0.167. The van der Waals surface area contributed by atoms with Crippen LogP contribution < -0.4 is 0 Å². The van der Waals surface area contributed by atoms with Gasteiger partial charge in [0.05, 0.1) is 0 Å². The van der Waals surface area contributed by atoms with E-state index in [1.54, 1.807) is 0 Å². The second-order valence-electron chi connectivity index (χ2n) is 22.7. The Morgan fingerprint density at radius 1 is 0.270 bits per heavy atom. The Morgan fingerprint density at radius 2 is 0.486 bits per heavy atom. The molecule has 0 aliphatic carbocycles. The molecule has 0 aromatic carbocycles. The van der Waals surface area contributed by atoms with E-state index in [2.05, 4.69) is 45.1 Å². The number of carbonyl (C=O) groups is 3. The molecule has 0 heterocycles. The predicted octanol–water partition coefficient (Wildman–Crippen LogP) is 22.6. The maximum Gasteiger partial charge on any atom is 0.306 e. The molecule has 0 aliphatic heterocycles. The van der Waals surface area contributed by atoms with Crippen LogP contribution in [-0.2, 0) is 28.6 Å². The molecule has 74 heavy (non-hydrogen) atoms. The van der Waals surface area contributed by atoms with Gasteiger partial charge in [0.25, 0.3) is 0 Å². The van der Waals surface area contributed by atoms with Crippen molar-refractivity contribution < 1.29 is 28.6 Å². The third-order valence-electron chi connectivity index (χ3n) is 15.2. The van der Waals surface area contributed by atoms with Gasteiger partial charge in [0.1, 0.15) is 13.2 Å². The van der Waals surface area contributed by atoms with Gasteiger partial charge >= 0.3 is 17.9 Å². The molecule has 6 nitrogen and oxygen atoms in total. The Balaban J connectivity index is 4.27. The van der Waals surface area contributed by atoms with Crippen LogP contribution in [0.1, 0.15) is 374 Å². The molecule has 0 aromatic rings. The van der Waals surface area contributed by atoms with E-state index in [-0.39, 0.29) is 31.1 Å². The highest BCUT2D eigenvalue weighted by Gasteiger charge is 2.19. The van der Waals surface area contributed by atoms with Crippen molar-refractivity contribution in [1.82, 2.24) is 0 Å². The Morgan fingerprint density at radius 3 is 0.770 bits per heavy atom. The van der Waals surface area contributed by atoms with Crippen LogP contribution in [0.3, 0.4) is 0 Å². The summed E-state index contributed by atoms with van der Waals surface area (Å²) in [6.07, 6.45) is 76.2. The third-order valence-corrected chi connectivity index (χ3v) is 15.2. The molecule has 1 unspecified atom stereocenters. The van der Waals surface area contributed by atoms with Crippen molar-refractivity contribution in [3.63, 3.8) is 0 Å². The fourth-order valence-electron chi connectivity index (χ4n) is 10.2. The molecule has 1 atom stereocenters. The molecule has 0 saturated heterocycles. The highest BCUT2D eigenvalue weighted by atomic mass is 16.6. The van der Waals surface area contributed by atoms with Gasteiger partial charge in [0.2, 0.25) is 0 Å². The van der Waals surface area contributed by atoms with Gasteiger partial charge in [-0.05, 0) is 51.4 Å². The summed E-state index contributed by atoms with van der Waals surface area (Å²) < 4.78 is 17.0. The predicted molar refractivity (Wildman–Crippen MR) is 321 cm³/mol. The van der Waals surface area contributed by atoms with E-state index in [1.165, 1.54) is 263 Å². The second-order valence-corrected chi connectivity index (χ2v) is 22.7. The van der Waals surface area contributed by atoms with Gasteiger partial charge in [-0.1, -0.05) is 328 Å². The largest absolute Gasteiger partial charge is 0.462 e. The molecule has 0 radical (unpaired) electrons. The summed E-state index contributed by atoms with van der Waals surface area (Å²) in [5.74, 6) is -0.846. The molecule has 0 bridgehead atoms. The van der Waals surface area contributed by atoms with Crippen LogP contribution >= 0.6 is 0 Å². The van der Waals surface area contributed by atoms with E-state index < -0.39 is 6.10 Å². The first kappa shape index (κ1) is 71.9. The fourth-order valence-corrected chi connectivity index (χ4v) is 10.2. The van der Waals surface area contributed by atoms with Crippen molar-refractivity contribution in [1.29, 1.82) is 0 Å². The number of allylic oxidation sites excluding steroid dienone is 4. The van der Waals surface area contributed by atoms with E-state index in [4.69, 9.17) is 14.2 Å². The first-order valence-corrected chi connectivity index (χ1v) is 33.3. The van der Waals surface area contributed by atoms with Gasteiger partial charge in [0, 0.05) is 19.3 Å². The first-order chi connectivity index (χ1) is 36.5. The molecule has 0 rings (SSSR count). The lowest BCUT2D eigenvalue weighted by atomic mass is 10.0. The average molecular weight is 1040 g/mol. The summed E-state index contributed by atoms with van der Waals surface area (Å²) in [5.41, 5.74) is 0. The van der Waals surface area contributed by atoms with Gasteiger partial charge in [-0.3, -0.25) is 14.4 Å². The van der Waals surface area contributed by atoms with Gasteiger partial charge in [-0.15, -0.1) is 0 Å². The molecular weight excluding hydrogens is 913 g/mol. The molecular formula is C68H128O6. The second kappa shape index (κ2) is 63.4. The van der Waals surface area contributed by atoms with E-state index in [1.807, 2.05) is 0 Å². The van der Waals surface area contributed by atoms with E-state index >= 15 is 0 Å². The Labute approximate surface area is 462 Å². The van der Waals surface area contributed by atoms with Crippen molar-refractivity contribution in [2.75, 3.05) is 13.2 Å². The van der Waals surface area contributed by atoms with Gasteiger partial charge in [-0.2, -0.15) is 0 Å². The lowest BCUT2D eigenvalue weighted by Gasteiger charge is -2.18. The molecule has 0 fully saturated rings. The molecule has 0 aliphatic rings. The van der Waals surface area contributed by atoms with Crippen LogP contribution in [-0.4, -0.2) is 37.2 Å². The zero-order chi connectivity index (χ0) is 53.6. The maximum atomic E-state index is 12.9. The molecule has 0 spiro atoms. The fraction of sp³-hybridized carbons (Fsp3) is 0.897.